The molecule has 0 saturated carbocycles. The van der Waals surface area contributed by atoms with Gasteiger partial charge in [0.15, 0.2) is 0 Å². The molecule has 4 aliphatic rings. The fourth-order valence-electron chi connectivity index (χ4n) is 6.23. The minimum Gasteiger partial charge on any atom is -0.444 e. The second kappa shape index (κ2) is 10.6. The molecule has 1 atom stereocenters. The summed E-state index contributed by atoms with van der Waals surface area (Å²) in [6.07, 6.45) is 5.31. The van der Waals surface area contributed by atoms with Crippen LogP contribution in [0.4, 0.5) is 10.5 Å². The van der Waals surface area contributed by atoms with Crippen LogP contribution in [0.25, 0.3) is 0 Å². The first kappa shape index (κ1) is 27.1. The first-order chi connectivity index (χ1) is 18.5. The number of imide groups is 2. The summed E-state index contributed by atoms with van der Waals surface area (Å²) in [7, 11) is 0. The van der Waals surface area contributed by atoms with Crippen LogP contribution in [0.1, 0.15) is 86.4 Å². The van der Waals surface area contributed by atoms with Gasteiger partial charge in [-0.05, 0) is 89.3 Å². The van der Waals surface area contributed by atoms with Gasteiger partial charge in [-0.2, -0.15) is 0 Å². The second-order valence-corrected chi connectivity index (χ2v) is 12.3. The van der Waals surface area contributed by atoms with Crippen molar-refractivity contribution in [2.24, 2.45) is 11.8 Å². The van der Waals surface area contributed by atoms with Crippen LogP contribution >= 0.6 is 0 Å². The van der Waals surface area contributed by atoms with Crippen molar-refractivity contribution in [3.8, 4) is 0 Å². The van der Waals surface area contributed by atoms with E-state index >= 15 is 0 Å². The standard InChI is InChI=1S/C29H38N4O6/c1-29(2,3)39-28(38)32-14-10-19(11-15-32)16-18-8-12-31(13-9-18)20-4-5-21-22(17-20)27(37)33(26(21)36)23-6-7-24(34)30-25(23)35/h4-5,17-19,23H,6-16H2,1-3H3,(H,30,34,35)/t23-/m0/s1. The predicted octanol–water partition coefficient (Wildman–Crippen LogP) is 3.34. The van der Waals surface area contributed by atoms with E-state index in [-0.39, 0.29) is 24.8 Å². The van der Waals surface area contributed by atoms with Gasteiger partial charge in [-0.15, -0.1) is 0 Å². The van der Waals surface area contributed by atoms with Crippen molar-refractivity contribution >= 4 is 35.4 Å². The first-order valence-corrected chi connectivity index (χ1v) is 14.1. The monoisotopic (exact) mass is 538 g/mol. The minimum atomic E-state index is -0.953. The molecule has 4 heterocycles. The van der Waals surface area contributed by atoms with Crippen molar-refractivity contribution in [3.63, 3.8) is 0 Å². The van der Waals surface area contributed by atoms with Gasteiger partial charge in [0.1, 0.15) is 11.6 Å². The lowest BCUT2D eigenvalue weighted by Crippen LogP contribution is -2.54. The lowest BCUT2D eigenvalue weighted by Gasteiger charge is -2.38. The van der Waals surface area contributed by atoms with Crippen LogP contribution in [0.2, 0.25) is 0 Å². The molecule has 0 unspecified atom stereocenters. The molecule has 10 heteroatoms. The number of hydrogen-bond donors (Lipinski definition) is 1. The third-order valence-corrected chi connectivity index (χ3v) is 8.34. The number of amides is 5. The minimum absolute atomic E-state index is 0.104. The van der Waals surface area contributed by atoms with E-state index in [0.717, 1.165) is 68.9 Å². The second-order valence-electron chi connectivity index (χ2n) is 12.3. The van der Waals surface area contributed by atoms with Gasteiger partial charge in [-0.3, -0.25) is 29.4 Å². The van der Waals surface area contributed by atoms with E-state index in [4.69, 9.17) is 4.74 Å². The average molecular weight is 539 g/mol. The molecule has 0 aromatic heterocycles. The van der Waals surface area contributed by atoms with Gasteiger partial charge in [0, 0.05) is 38.3 Å². The molecule has 3 saturated heterocycles. The van der Waals surface area contributed by atoms with E-state index in [9.17, 15) is 24.0 Å². The Morgan fingerprint density at radius 1 is 0.897 bits per heavy atom. The number of anilines is 1. The zero-order valence-electron chi connectivity index (χ0n) is 23.0. The number of nitrogens with one attached hydrogen (secondary N) is 1. The Hall–Kier alpha value is -3.43. The van der Waals surface area contributed by atoms with Crippen molar-refractivity contribution in [3.05, 3.63) is 29.3 Å². The molecular formula is C29H38N4O6. The Balaban J connectivity index is 1.13. The largest absolute Gasteiger partial charge is 0.444 e. The summed E-state index contributed by atoms with van der Waals surface area (Å²) in [5, 5.41) is 2.23. The highest BCUT2D eigenvalue weighted by Crippen LogP contribution is 2.34. The summed E-state index contributed by atoms with van der Waals surface area (Å²) >= 11 is 0. The molecule has 0 bridgehead atoms. The first-order valence-electron chi connectivity index (χ1n) is 14.1. The smallest absolute Gasteiger partial charge is 0.410 e. The van der Waals surface area contributed by atoms with Crippen LogP contribution in [0.15, 0.2) is 18.2 Å². The molecule has 0 radical (unpaired) electrons. The van der Waals surface area contributed by atoms with Crippen molar-refractivity contribution in [2.75, 3.05) is 31.1 Å². The van der Waals surface area contributed by atoms with Gasteiger partial charge in [0.25, 0.3) is 11.8 Å². The summed E-state index contributed by atoms with van der Waals surface area (Å²) < 4.78 is 5.51. The number of ether oxygens (including phenoxy) is 1. The number of fused-ring (bicyclic) bond motifs is 1. The van der Waals surface area contributed by atoms with E-state index in [1.807, 2.05) is 31.7 Å². The molecule has 5 amide bonds. The van der Waals surface area contributed by atoms with Crippen molar-refractivity contribution < 1.29 is 28.7 Å². The molecule has 10 nitrogen and oxygen atoms in total. The summed E-state index contributed by atoms with van der Waals surface area (Å²) in [5.74, 6) is -0.697. The maximum absolute atomic E-state index is 13.2. The van der Waals surface area contributed by atoms with Crippen LogP contribution in [-0.4, -0.2) is 77.3 Å². The van der Waals surface area contributed by atoms with Crippen molar-refractivity contribution in [2.45, 2.75) is 77.4 Å². The number of hydrogen-bond acceptors (Lipinski definition) is 7. The van der Waals surface area contributed by atoms with Crippen LogP contribution in [0.3, 0.4) is 0 Å². The summed E-state index contributed by atoms with van der Waals surface area (Å²) in [6, 6.07) is 4.38. The topological polar surface area (TPSA) is 116 Å². The zero-order valence-corrected chi connectivity index (χ0v) is 23.0. The number of benzene rings is 1. The fraction of sp³-hybridized carbons (Fsp3) is 0.621. The molecule has 1 aromatic carbocycles. The van der Waals surface area contributed by atoms with E-state index in [1.165, 1.54) is 0 Å². The summed E-state index contributed by atoms with van der Waals surface area (Å²) in [5.41, 5.74) is 1.06. The van der Waals surface area contributed by atoms with Crippen molar-refractivity contribution in [1.29, 1.82) is 0 Å². The molecule has 39 heavy (non-hydrogen) atoms. The van der Waals surface area contributed by atoms with E-state index < -0.39 is 29.4 Å². The Morgan fingerprint density at radius 3 is 2.13 bits per heavy atom. The van der Waals surface area contributed by atoms with Gasteiger partial charge < -0.3 is 14.5 Å². The molecule has 0 spiro atoms. The van der Waals surface area contributed by atoms with Crippen LogP contribution < -0.4 is 10.2 Å². The maximum Gasteiger partial charge on any atom is 0.410 e. The third kappa shape index (κ3) is 5.79. The summed E-state index contributed by atoms with van der Waals surface area (Å²) in [6.45, 7) is 8.91. The highest BCUT2D eigenvalue weighted by atomic mass is 16.6. The number of carbonyl (C=O) groups is 5. The molecular weight excluding hydrogens is 500 g/mol. The van der Waals surface area contributed by atoms with E-state index in [2.05, 4.69) is 10.2 Å². The maximum atomic E-state index is 13.2. The Morgan fingerprint density at radius 2 is 1.51 bits per heavy atom. The fourth-order valence-corrected chi connectivity index (χ4v) is 6.23. The average Bonchev–Trinajstić information content (AvgIpc) is 3.13. The van der Waals surface area contributed by atoms with E-state index in [0.29, 0.717) is 23.0 Å². The van der Waals surface area contributed by atoms with Crippen molar-refractivity contribution in [1.82, 2.24) is 15.1 Å². The Labute approximate surface area is 229 Å². The quantitative estimate of drug-likeness (QED) is 0.585. The SMILES string of the molecule is CC(C)(C)OC(=O)N1CCC(CC2CCN(c3ccc4c(c3)C(=O)N([C@H]3CCC(=O)NC3=O)C4=O)CC2)CC1. The molecule has 5 rings (SSSR count). The molecule has 210 valence electrons. The molecule has 1 N–H and O–H groups in total. The highest BCUT2D eigenvalue weighted by molar-refractivity contribution is 6.23. The zero-order chi connectivity index (χ0) is 27.9. The van der Waals surface area contributed by atoms with Crippen LogP contribution in [0.5, 0.6) is 0 Å². The molecule has 1 aromatic rings. The van der Waals surface area contributed by atoms with Gasteiger partial charge in [0.2, 0.25) is 11.8 Å². The van der Waals surface area contributed by atoms with Crippen LogP contribution in [-0.2, 0) is 14.3 Å². The predicted molar refractivity (Wildman–Crippen MR) is 143 cm³/mol. The Kier molecular flexibility index (Phi) is 7.39. The number of carbonyl (C=O) groups excluding carboxylic acids is 5. The molecule has 0 aliphatic carbocycles. The Bertz CT molecular complexity index is 1170. The van der Waals surface area contributed by atoms with E-state index in [1.54, 1.807) is 12.1 Å². The third-order valence-electron chi connectivity index (χ3n) is 8.34. The lowest BCUT2D eigenvalue weighted by atomic mass is 9.82. The van der Waals surface area contributed by atoms with Gasteiger partial charge in [-0.25, -0.2) is 4.79 Å². The normalized spacial score (nSPS) is 23.3. The number of likely N-dealkylation sites (tertiary alicyclic amines) is 1. The van der Waals surface area contributed by atoms with Gasteiger partial charge >= 0.3 is 6.09 Å². The highest BCUT2D eigenvalue weighted by Gasteiger charge is 2.44. The summed E-state index contributed by atoms with van der Waals surface area (Å²) in [4.78, 5) is 67.4. The lowest BCUT2D eigenvalue weighted by molar-refractivity contribution is -0.136. The number of piperidine rings is 3. The van der Waals surface area contributed by atoms with Gasteiger partial charge in [0.05, 0.1) is 11.1 Å². The number of rotatable bonds is 4. The molecule has 3 fully saturated rings. The van der Waals surface area contributed by atoms with Gasteiger partial charge in [-0.1, -0.05) is 0 Å². The molecule has 4 aliphatic heterocycles. The number of nitrogens with zero attached hydrogens (tertiary/aromatic N) is 3. The van der Waals surface area contributed by atoms with Crippen LogP contribution in [0, 0.1) is 11.8 Å².